The summed E-state index contributed by atoms with van der Waals surface area (Å²) in [7, 11) is 1.41. The van der Waals surface area contributed by atoms with Crippen LogP contribution in [0.25, 0.3) is 0 Å². The second-order valence-corrected chi connectivity index (χ2v) is 17.4. The summed E-state index contributed by atoms with van der Waals surface area (Å²) in [4.78, 5) is 35.3. The van der Waals surface area contributed by atoms with Crippen molar-refractivity contribution in [2.45, 2.75) is 174 Å². The molecule has 0 fully saturated rings. The van der Waals surface area contributed by atoms with Gasteiger partial charge in [-0.1, -0.05) is 164 Å². The first-order chi connectivity index (χ1) is 27.4. The molecule has 11 heteroatoms. The van der Waals surface area contributed by atoms with Crippen LogP contribution in [-0.4, -0.2) is 86.1 Å². The average Bonchev–Trinajstić information content (AvgIpc) is 3.16. The zero-order valence-corrected chi connectivity index (χ0v) is 37.6. The van der Waals surface area contributed by atoms with Gasteiger partial charge in [0.2, 0.25) is 0 Å². The van der Waals surface area contributed by atoms with Crippen LogP contribution in [0.4, 0.5) is 0 Å². The number of ether oxygens (including phenoxy) is 2. The van der Waals surface area contributed by atoms with Crippen molar-refractivity contribution in [2.75, 3.05) is 47.5 Å². The van der Waals surface area contributed by atoms with Crippen molar-refractivity contribution in [3.8, 4) is 0 Å². The molecule has 0 aliphatic heterocycles. The number of carbonyl (C=O) groups excluding carboxylic acids is 2. The highest BCUT2D eigenvalue weighted by atomic mass is 31.2. The molecule has 57 heavy (non-hydrogen) atoms. The van der Waals surface area contributed by atoms with Gasteiger partial charge in [0.05, 0.1) is 33.9 Å². The predicted octanol–water partition coefficient (Wildman–Crippen LogP) is 11.4. The Morgan fingerprint density at radius 2 is 1.19 bits per heavy atom. The number of aliphatic hydroxyl groups is 1. The molecular weight excluding hydrogens is 741 g/mol. The summed E-state index contributed by atoms with van der Waals surface area (Å²) < 4.78 is 34.2. The second-order valence-electron chi connectivity index (χ2n) is 15.9. The van der Waals surface area contributed by atoms with Gasteiger partial charge < -0.3 is 24.0 Å². The van der Waals surface area contributed by atoms with Crippen LogP contribution in [0.3, 0.4) is 0 Å². The number of allylic oxidation sites excluding steroid dienone is 8. The number of aliphatic hydroxyl groups excluding tert-OH is 1. The average molecular weight is 825 g/mol. The van der Waals surface area contributed by atoms with Crippen molar-refractivity contribution in [3.05, 3.63) is 60.8 Å². The highest BCUT2D eigenvalue weighted by molar-refractivity contribution is 7.47. The van der Waals surface area contributed by atoms with Gasteiger partial charge in [0.1, 0.15) is 19.8 Å². The second kappa shape index (κ2) is 37.9. The van der Waals surface area contributed by atoms with E-state index in [1.807, 2.05) is 70.6 Å². The Morgan fingerprint density at radius 1 is 0.649 bits per heavy atom. The number of hydrogen-bond donors (Lipinski definition) is 2. The van der Waals surface area contributed by atoms with Crippen LogP contribution in [0.5, 0.6) is 0 Å². The van der Waals surface area contributed by atoms with Crippen molar-refractivity contribution in [2.24, 2.45) is 0 Å². The fourth-order valence-electron chi connectivity index (χ4n) is 5.66. The molecule has 330 valence electrons. The maximum absolute atomic E-state index is 12.7. The van der Waals surface area contributed by atoms with E-state index in [1.165, 1.54) is 77.0 Å². The summed E-state index contributed by atoms with van der Waals surface area (Å²) in [5.74, 6) is -0.891. The van der Waals surface area contributed by atoms with Gasteiger partial charge >= 0.3 is 19.8 Å². The number of unbranched alkanes of at least 4 members (excludes halogenated alkanes) is 15. The lowest BCUT2D eigenvalue weighted by atomic mass is 10.0. The SMILES string of the molecule is CC/C=C\C(O)C/C=C/C=C\C/C=C\C/C=C\CCCC(=O)O[C@H](COC(=O)CCCCCCCCCCCCCCCCC)COP(=O)(O)OCC[N+](C)(C)C. The third-order valence-electron chi connectivity index (χ3n) is 9.14. The zero-order chi connectivity index (χ0) is 42.3. The minimum absolute atomic E-state index is 0.0119. The van der Waals surface area contributed by atoms with Gasteiger partial charge in [0, 0.05) is 12.8 Å². The van der Waals surface area contributed by atoms with Crippen LogP contribution in [0.1, 0.15) is 162 Å². The molecule has 2 N–H and O–H groups in total. The highest BCUT2D eigenvalue weighted by Crippen LogP contribution is 2.43. The first kappa shape index (κ1) is 54.7. The standard InChI is InChI=1S/C46H82NO9P/c1-6-8-10-11-12-13-14-15-16-17-21-24-27-30-33-37-45(49)53-41-44(42-55-57(51,52)54-40-39-47(3,4)5)56-46(50)38-34-31-28-25-22-19-18-20-23-26-29-32-36-43(48)35-9-7-2/h9,18-19,23,25-26,28-29,32,35,43-44,48H,6-8,10-17,20-22,24,27,30-31,33-34,36-42H2,1-5H3/p+1/b19-18-,26-23-,28-25-,32-29+,35-9-/t43?,44-/m1/s1. The molecule has 3 atom stereocenters. The normalized spacial score (nSPS) is 14.7. The molecule has 0 bridgehead atoms. The molecule has 10 nitrogen and oxygen atoms in total. The molecule has 0 amide bonds. The van der Waals surface area contributed by atoms with Crippen molar-refractivity contribution in [1.82, 2.24) is 0 Å². The largest absolute Gasteiger partial charge is 0.472 e. The van der Waals surface area contributed by atoms with Crippen molar-refractivity contribution >= 4 is 19.8 Å². The van der Waals surface area contributed by atoms with Crippen LogP contribution in [-0.2, 0) is 32.7 Å². The number of phosphoric acid groups is 1. The zero-order valence-electron chi connectivity index (χ0n) is 36.7. The molecule has 0 radical (unpaired) electrons. The molecule has 0 aromatic rings. The third-order valence-corrected chi connectivity index (χ3v) is 10.1. The molecule has 0 saturated carbocycles. The minimum atomic E-state index is -4.40. The van der Waals surface area contributed by atoms with Crippen molar-refractivity contribution < 1.29 is 47.2 Å². The van der Waals surface area contributed by atoms with E-state index in [2.05, 4.69) is 25.2 Å². The van der Waals surface area contributed by atoms with Gasteiger partial charge in [0.25, 0.3) is 0 Å². The molecule has 0 aromatic heterocycles. The van der Waals surface area contributed by atoms with Crippen LogP contribution in [0, 0.1) is 0 Å². The summed E-state index contributed by atoms with van der Waals surface area (Å²) in [5.41, 5.74) is 0. The summed E-state index contributed by atoms with van der Waals surface area (Å²) >= 11 is 0. The van der Waals surface area contributed by atoms with Crippen LogP contribution in [0.2, 0.25) is 0 Å². The van der Waals surface area contributed by atoms with Gasteiger partial charge in [0.15, 0.2) is 6.10 Å². The fraction of sp³-hybridized carbons (Fsp3) is 0.739. The quantitative estimate of drug-likeness (QED) is 0.0155. The molecule has 0 aliphatic rings. The number of esters is 2. The number of carbonyl (C=O) groups is 2. The minimum Gasteiger partial charge on any atom is -0.462 e. The lowest BCUT2D eigenvalue weighted by molar-refractivity contribution is -0.870. The highest BCUT2D eigenvalue weighted by Gasteiger charge is 2.27. The third kappa shape index (κ3) is 41.6. The molecule has 0 rings (SSSR count). The molecular formula is C46H83NO9P+. The van der Waals surface area contributed by atoms with Gasteiger partial charge in [-0.05, 0) is 44.9 Å². The lowest BCUT2D eigenvalue weighted by Crippen LogP contribution is -2.37. The van der Waals surface area contributed by atoms with Crippen LogP contribution >= 0.6 is 7.82 Å². The molecule has 0 aliphatic carbocycles. The lowest BCUT2D eigenvalue weighted by Gasteiger charge is -2.24. The number of rotatable bonds is 39. The van der Waals surface area contributed by atoms with Crippen molar-refractivity contribution in [1.29, 1.82) is 0 Å². The van der Waals surface area contributed by atoms with E-state index in [4.69, 9.17) is 18.5 Å². The van der Waals surface area contributed by atoms with Gasteiger partial charge in [-0.15, -0.1) is 0 Å². The molecule has 0 aromatic carbocycles. The maximum atomic E-state index is 12.7. The smallest absolute Gasteiger partial charge is 0.462 e. The Hall–Kier alpha value is -2.33. The van der Waals surface area contributed by atoms with E-state index >= 15 is 0 Å². The molecule has 0 saturated heterocycles. The molecule has 0 spiro atoms. The van der Waals surface area contributed by atoms with Crippen LogP contribution < -0.4 is 0 Å². The number of phosphoric ester groups is 1. The Bertz CT molecular complexity index is 1170. The van der Waals surface area contributed by atoms with E-state index in [-0.39, 0.29) is 26.1 Å². The van der Waals surface area contributed by atoms with Gasteiger partial charge in [-0.25, -0.2) is 4.57 Å². The van der Waals surface area contributed by atoms with E-state index in [0.29, 0.717) is 30.3 Å². The van der Waals surface area contributed by atoms with E-state index in [1.54, 1.807) is 0 Å². The number of nitrogens with zero attached hydrogens (tertiary/aromatic N) is 1. The summed E-state index contributed by atoms with van der Waals surface area (Å²) in [6.45, 7) is 4.10. The molecule has 2 unspecified atom stereocenters. The van der Waals surface area contributed by atoms with Gasteiger partial charge in [-0.2, -0.15) is 0 Å². The summed E-state index contributed by atoms with van der Waals surface area (Å²) in [6.07, 6.45) is 41.9. The topological polar surface area (TPSA) is 129 Å². The summed E-state index contributed by atoms with van der Waals surface area (Å²) in [6, 6.07) is 0. The monoisotopic (exact) mass is 825 g/mol. The summed E-state index contributed by atoms with van der Waals surface area (Å²) in [5, 5.41) is 9.77. The first-order valence-electron chi connectivity index (χ1n) is 22.1. The first-order valence-corrected chi connectivity index (χ1v) is 23.6. The van der Waals surface area contributed by atoms with Crippen molar-refractivity contribution in [3.63, 3.8) is 0 Å². The van der Waals surface area contributed by atoms with E-state index < -0.39 is 38.6 Å². The fourth-order valence-corrected chi connectivity index (χ4v) is 6.40. The van der Waals surface area contributed by atoms with E-state index in [9.17, 15) is 24.2 Å². The predicted molar refractivity (Wildman–Crippen MR) is 235 cm³/mol. The Labute approximate surface area is 348 Å². The van der Waals surface area contributed by atoms with E-state index in [0.717, 1.165) is 38.5 Å². The number of quaternary nitrogens is 1. The number of hydrogen-bond acceptors (Lipinski definition) is 8. The maximum Gasteiger partial charge on any atom is 0.472 e. The van der Waals surface area contributed by atoms with Gasteiger partial charge in [-0.3, -0.25) is 18.6 Å². The number of likely N-dealkylation sites (N-methyl/N-ethyl adjacent to an activating group) is 1. The van der Waals surface area contributed by atoms with Crippen LogP contribution in [0.15, 0.2) is 60.8 Å². The Kier molecular flexibility index (Phi) is 36.4. The Balaban J connectivity index is 4.49. The Morgan fingerprint density at radius 3 is 1.79 bits per heavy atom. The molecule has 0 heterocycles.